The molecular weight excluding hydrogens is 234 g/mol. The van der Waals surface area contributed by atoms with Crippen LogP contribution < -0.4 is 0 Å². The maximum Gasteiger partial charge on any atom is 0.196 e. The molecule has 0 radical (unpaired) electrons. The highest BCUT2D eigenvalue weighted by molar-refractivity contribution is 5.81. The van der Waals surface area contributed by atoms with Crippen LogP contribution in [-0.2, 0) is 0 Å². The number of hydrogen-bond donors (Lipinski definition) is 0. The second kappa shape index (κ2) is 6.09. The molecule has 0 N–H and O–H groups in total. The Morgan fingerprint density at radius 2 is 2.00 bits per heavy atom. The zero-order chi connectivity index (χ0) is 13.8. The highest BCUT2D eigenvalue weighted by Gasteiger charge is 2.25. The molecule has 0 bridgehead atoms. The van der Waals surface area contributed by atoms with Gasteiger partial charge >= 0.3 is 0 Å². The number of aliphatic imine (C=N–C) groups is 1. The fourth-order valence-corrected chi connectivity index (χ4v) is 2.60. The summed E-state index contributed by atoms with van der Waals surface area (Å²) in [4.78, 5) is 9.17. The van der Waals surface area contributed by atoms with Crippen molar-refractivity contribution < 1.29 is 0 Å². The third-order valence-electron chi connectivity index (χ3n) is 3.86. The zero-order valence-corrected chi connectivity index (χ0v) is 12.5. The normalized spacial score (nSPS) is 20.3. The lowest BCUT2D eigenvalue weighted by Crippen LogP contribution is -2.42. The molecule has 1 aliphatic heterocycles. The van der Waals surface area contributed by atoms with E-state index in [-0.39, 0.29) is 0 Å². The van der Waals surface area contributed by atoms with E-state index in [1.165, 1.54) is 12.0 Å². The van der Waals surface area contributed by atoms with Crippen LogP contribution in [0.25, 0.3) is 0 Å². The molecule has 1 heterocycles. The van der Waals surface area contributed by atoms with Crippen molar-refractivity contribution in [2.75, 3.05) is 27.2 Å². The summed E-state index contributed by atoms with van der Waals surface area (Å²) >= 11 is 0. The van der Waals surface area contributed by atoms with Gasteiger partial charge in [-0.1, -0.05) is 37.3 Å². The Hall–Kier alpha value is -1.51. The van der Waals surface area contributed by atoms with Crippen molar-refractivity contribution in [3.8, 4) is 0 Å². The molecule has 2 atom stereocenters. The molecule has 0 aromatic heterocycles. The summed E-state index contributed by atoms with van der Waals surface area (Å²) in [5.74, 6) is 1.73. The lowest BCUT2D eigenvalue weighted by atomic mass is 9.97. The summed E-state index contributed by atoms with van der Waals surface area (Å²) in [5.41, 5.74) is 1.43. The summed E-state index contributed by atoms with van der Waals surface area (Å²) in [6.45, 7) is 6.57. The molecular formula is C16H25N3. The van der Waals surface area contributed by atoms with Crippen molar-refractivity contribution in [1.29, 1.82) is 0 Å². The maximum absolute atomic E-state index is 4.62. The van der Waals surface area contributed by atoms with E-state index in [0.717, 1.165) is 19.0 Å². The van der Waals surface area contributed by atoms with E-state index in [9.17, 15) is 0 Å². The van der Waals surface area contributed by atoms with Crippen molar-refractivity contribution in [3.63, 3.8) is 0 Å². The van der Waals surface area contributed by atoms with Gasteiger partial charge in [0.05, 0.1) is 6.54 Å². The molecule has 0 saturated carbocycles. The summed E-state index contributed by atoms with van der Waals surface area (Å²) < 4.78 is 0. The number of guanidine groups is 1. The predicted octanol–water partition coefficient (Wildman–Crippen LogP) is 2.80. The van der Waals surface area contributed by atoms with Crippen molar-refractivity contribution >= 4 is 5.96 Å². The van der Waals surface area contributed by atoms with Crippen LogP contribution in [0.15, 0.2) is 35.3 Å². The molecule has 0 aliphatic carbocycles. The van der Waals surface area contributed by atoms with Gasteiger partial charge in [-0.2, -0.15) is 0 Å². The van der Waals surface area contributed by atoms with Crippen molar-refractivity contribution in [1.82, 2.24) is 9.80 Å². The number of rotatable bonds is 4. The number of hydrogen-bond acceptors (Lipinski definition) is 3. The lowest BCUT2D eigenvalue weighted by molar-refractivity contribution is 0.318. The minimum Gasteiger partial charge on any atom is -0.349 e. The Balaban J connectivity index is 1.93. The molecule has 19 heavy (non-hydrogen) atoms. The van der Waals surface area contributed by atoms with Crippen LogP contribution in [0.5, 0.6) is 0 Å². The first-order chi connectivity index (χ1) is 9.09. The Morgan fingerprint density at radius 1 is 1.32 bits per heavy atom. The maximum atomic E-state index is 4.62. The van der Waals surface area contributed by atoms with E-state index in [1.807, 2.05) is 0 Å². The first-order valence-corrected chi connectivity index (χ1v) is 7.13. The molecule has 2 rings (SSSR count). The van der Waals surface area contributed by atoms with E-state index in [4.69, 9.17) is 0 Å². The minimum absolute atomic E-state index is 0.528. The Bertz CT molecular complexity index is 425. The summed E-state index contributed by atoms with van der Waals surface area (Å²) in [6.07, 6.45) is 1.17. The van der Waals surface area contributed by atoms with Gasteiger partial charge in [0.1, 0.15) is 0 Å². The van der Waals surface area contributed by atoms with Gasteiger partial charge in [0.15, 0.2) is 5.96 Å². The smallest absolute Gasteiger partial charge is 0.196 e. The molecule has 3 nitrogen and oxygen atoms in total. The second-order valence-electron chi connectivity index (χ2n) is 5.68. The van der Waals surface area contributed by atoms with Crippen molar-refractivity contribution in [3.05, 3.63) is 35.9 Å². The SMILES string of the molecule is CC(CCN1C(N(C)C)=NC[C@@H]1C)c1ccccc1. The second-order valence-corrected chi connectivity index (χ2v) is 5.68. The molecule has 0 fully saturated rings. The van der Waals surface area contributed by atoms with E-state index in [2.05, 4.69) is 73.1 Å². The zero-order valence-electron chi connectivity index (χ0n) is 12.5. The lowest BCUT2D eigenvalue weighted by Gasteiger charge is -2.30. The van der Waals surface area contributed by atoms with Gasteiger partial charge in [-0.25, -0.2) is 0 Å². The molecule has 0 spiro atoms. The third-order valence-corrected chi connectivity index (χ3v) is 3.86. The van der Waals surface area contributed by atoms with Gasteiger partial charge in [-0.15, -0.1) is 0 Å². The van der Waals surface area contributed by atoms with Gasteiger partial charge < -0.3 is 9.80 Å². The van der Waals surface area contributed by atoms with Crippen LogP contribution in [0.4, 0.5) is 0 Å². The van der Waals surface area contributed by atoms with Gasteiger partial charge in [-0.3, -0.25) is 4.99 Å². The van der Waals surface area contributed by atoms with Gasteiger partial charge in [0.25, 0.3) is 0 Å². The molecule has 1 aromatic rings. The summed E-state index contributed by atoms with van der Waals surface area (Å²) in [5, 5.41) is 0. The van der Waals surface area contributed by atoms with Crippen LogP contribution in [0, 0.1) is 0 Å². The van der Waals surface area contributed by atoms with Gasteiger partial charge in [0.2, 0.25) is 0 Å². The van der Waals surface area contributed by atoms with Crippen LogP contribution in [0.1, 0.15) is 31.7 Å². The van der Waals surface area contributed by atoms with E-state index in [0.29, 0.717) is 12.0 Å². The molecule has 1 aliphatic rings. The first-order valence-electron chi connectivity index (χ1n) is 7.13. The van der Waals surface area contributed by atoms with E-state index < -0.39 is 0 Å². The molecule has 1 unspecified atom stereocenters. The van der Waals surface area contributed by atoms with Crippen LogP contribution in [-0.4, -0.2) is 49.0 Å². The topological polar surface area (TPSA) is 18.8 Å². The van der Waals surface area contributed by atoms with Gasteiger partial charge in [-0.05, 0) is 24.8 Å². The number of benzene rings is 1. The van der Waals surface area contributed by atoms with Crippen molar-refractivity contribution in [2.45, 2.75) is 32.2 Å². The van der Waals surface area contributed by atoms with Crippen molar-refractivity contribution in [2.24, 2.45) is 4.99 Å². The van der Waals surface area contributed by atoms with Crippen LogP contribution >= 0.6 is 0 Å². The van der Waals surface area contributed by atoms with Crippen LogP contribution in [0.3, 0.4) is 0 Å². The monoisotopic (exact) mass is 259 g/mol. The molecule has 0 amide bonds. The fraction of sp³-hybridized carbons (Fsp3) is 0.562. The Kier molecular flexibility index (Phi) is 4.46. The van der Waals surface area contributed by atoms with E-state index in [1.54, 1.807) is 0 Å². The Labute approximate surface area is 116 Å². The third kappa shape index (κ3) is 3.28. The molecule has 0 saturated heterocycles. The van der Waals surface area contributed by atoms with Crippen LogP contribution in [0.2, 0.25) is 0 Å². The molecule has 1 aromatic carbocycles. The quantitative estimate of drug-likeness (QED) is 0.828. The van der Waals surface area contributed by atoms with Gasteiger partial charge in [0, 0.05) is 26.7 Å². The minimum atomic E-state index is 0.528. The standard InChI is InChI=1S/C16H25N3/c1-13(15-8-6-5-7-9-15)10-11-19-14(2)12-17-16(19)18(3)4/h5-9,13-14H,10-12H2,1-4H3/t13?,14-/m0/s1. The number of nitrogens with zero attached hydrogens (tertiary/aromatic N) is 3. The average molecular weight is 259 g/mol. The molecule has 3 heteroatoms. The Morgan fingerprint density at radius 3 is 2.63 bits per heavy atom. The predicted molar refractivity (Wildman–Crippen MR) is 81.6 cm³/mol. The fourth-order valence-electron chi connectivity index (χ4n) is 2.60. The average Bonchev–Trinajstić information content (AvgIpc) is 2.78. The van der Waals surface area contributed by atoms with E-state index >= 15 is 0 Å². The first kappa shape index (κ1) is 13.9. The molecule has 104 valence electrons. The largest absolute Gasteiger partial charge is 0.349 e. The summed E-state index contributed by atoms with van der Waals surface area (Å²) in [7, 11) is 4.15. The highest BCUT2D eigenvalue weighted by atomic mass is 15.4. The highest BCUT2D eigenvalue weighted by Crippen LogP contribution is 2.21. The summed E-state index contributed by atoms with van der Waals surface area (Å²) in [6, 6.07) is 11.3.